The van der Waals surface area contributed by atoms with Crippen LogP contribution in [0.3, 0.4) is 0 Å². The summed E-state index contributed by atoms with van der Waals surface area (Å²) >= 11 is 0. The molecule has 2 aliphatic carbocycles. The molecule has 2 aliphatic rings. The van der Waals surface area contributed by atoms with E-state index in [1.807, 2.05) is 0 Å². The predicted molar refractivity (Wildman–Crippen MR) is 47.6 cm³/mol. The van der Waals surface area contributed by atoms with Crippen molar-refractivity contribution < 1.29 is 4.79 Å². The maximum Gasteiger partial charge on any atom is 0.223 e. The Morgan fingerprint density at radius 2 is 2.08 bits per heavy atom. The van der Waals surface area contributed by atoms with E-state index in [-0.39, 0.29) is 0 Å². The molecule has 0 radical (unpaired) electrons. The summed E-state index contributed by atoms with van der Waals surface area (Å²) in [4.78, 5) is 11.2. The van der Waals surface area contributed by atoms with Gasteiger partial charge in [0, 0.05) is 12.5 Å². The standard InChI is InChI=1S/C10H17NO/c1-7(8-2-3-8)6-11-10(12)9-4-5-9/h7-9H,2-6H2,1H3,(H,11,12). The second-order valence-corrected chi connectivity index (χ2v) is 4.33. The average Bonchev–Trinajstić information content (AvgIpc) is 2.91. The molecule has 2 heteroatoms. The lowest BCUT2D eigenvalue weighted by molar-refractivity contribution is -0.122. The number of nitrogens with one attached hydrogen (secondary N) is 1. The van der Waals surface area contributed by atoms with Gasteiger partial charge >= 0.3 is 0 Å². The van der Waals surface area contributed by atoms with E-state index in [0.29, 0.717) is 17.7 Å². The van der Waals surface area contributed by atoms with Gasteiger partial charge in [-0.25, -0.2) is 0 Å². The molecule has 2 nitrogen and oxygen atoms in total. The zero-order chi connectivity index (χ0) is 8.55. The van der Waals surface area contributed by atoms with Crippen LogP contribution in [0.15, 0.2) is 0 Å². The van der Waals surface area contributed by atoms with Gasteiger partial charge in [0.2, 0.25) is 5.91 Å². The molecular formula is C10H17NO. The number of amides is 1. The van der Waals surface area contributed by atoms with Crippen LogP contribution in [0.1, 0.15) is 32.6 Å². The highest BCUT2D eigenvalue weighted by Gasteiger charge is 2.31. The summed E-state index contributed by atoms with van der Waals surface area (Å²) in [6.45, 7) is 3.14. The second kappa shape index (κ2) is 3.08. The number of hydrogen-bond acceptors (Lipinski definition) is 1. The van der Waals surface area contributed by atoms with Crippen molar-refractivity contribution >= 4 is 5.91 Å². The Bertz CT molecular complexity index is 182. The third-order valence-electron chi connectivity index (χ3n) is 2.97. The maximum atomic E-state index is 11.2. The summed E-state index contributed by atoms with van der Waals surface area (Å²) in [7, 11) is 0. The lowest BCUT2D eigenvalue weighted by Gasteiger charge is -2.10. The Labute approximate surface area is 73.7 Å². The molecular weight excluding hydrogens is 150 g/mol. The van der Waals surface area contributed by atoms with Gasteiger partial charge in [0.1, 0.15) is 0 Å². The highest BCUT2D eigenvalue weighted by Crippen LogP contribution is 2.36. The lowest BCUT2D eigenvalue weighted by atomic mass is 10.1. The Morgan fingerprint density at radius 1 is 1.42 bits per heavy atom. The van der Waals surface area contributed by atoms with Crippen molar-refractivity contribution in [2.45, 2.75) is 32.6 Å². The summed E-state index contributed by atoms with van der Waals surface area (Å²) in [5, 5.41) is 3.03. The van der Waals surface area contributed by atoms with Gasteiger partial charge in [-0.2, -0.15) is 0 Å². The van der Waals surface area contributed by atoms with Crippen LogP contribution >= 0.6 is 0 Å². The quantitative estimate of drug-likeness (QED) is 0.676. The van der Waals surface area contributed by atoms with E-state index < -0.39 is 0 Å². The van der Waals surface area contributed by atoms with Gasteiger partial charge in [-0.1, -0.05) is 6.92 Å². The van der Waals surface area contributed by atoms with Crippen molar-refractivity contribution in [3.8, 4) is 0 Å². The second-order valence-electron chi connectivity index (χ2n) is 4.33. The fraction of sp³-hybridized carbons (Fsp3) is 0.900. The van der Waals surface area contributed by atoms with E-state index in [9.17, 15) is 4.79 Å². The van der Waals surface area contributed by atoms with E-state index >= 15 is 0 Å². The van der Waals surface area contributed by atoms with Gasteiger partial charge in [0.15, 0.2) is 0 Å². The van der Waals surface area contributed by atoms with Gasteiger partial charge in [-0.15, -0.1) is 0 Å². The van der Waals surface area contributed by atoms with Crippen LogP contribution in [0.2, 0.25) is 0 Å². The molecule has 0 aromatic carbocycles. The van der Waals surface area contributed by atoms with E-state index in [4.69, 9.17) is 0 Å². The largest absolute Gasteiger partial charge is 0.356 e. The minimum absolute atomic E-state index is 0.294. The molecule has 0 aliphatic heterocycles. The molecule has 68 valence electrons. The Balaban J connectivity index is 1.62. The predicted octanol–water partition coefficient (Wildman–Crippen LogP) is 1.56. The van der Waals surface area contributed by atoms with Crippen LogP contribution in [0.5, 0.6) is 0 Å². The fourth-order valence-corrected chi connectivity index (χ4v) is 1.58. The molecule has 0 aromatic rings. The van der Waals surface area contributed by atoms with E-state index in [2.05, 4.69) is 12.2 Å². The van der Waals surface area contributed by atoms with E-state index in [0.717, 1.165) is 25.3 Å². The number of hydrogen-bond donors (Lipinski definition) is 1. The third kappa shape index (κ3) is 1.99. The average molecular weight is 167 g/mol. The van der Waals surface area contributed by atoms with Gasteiger partial charge in [-0.05, 0) is 37.5 Å². The Hall–Kier alpha value is -0.530. The normalized spacial score (nSPS) is 25.1. The first-order valence-electron chi connectivity index (χ1n) is 5.05. The van der Waals surface area contributed by atoms with Crippen molar-refractivity contribution in [1.82, 2.24) is 5.32 Å². The topological polar surface area (TPSA) is 29.1 Å². The summed E-state index contributed by atoms with van der Waals surface area (Å²) in [5.41, 5.74) is 0. The van der Waals surface area contributed by atoms with Crippen molar-refractivity contribution in [2.75, 3.05) is 6.54 Å². The number of carbonyl (C=O) groups is 1. The molecule has 12 heavy (non-hydrogen) atoms. The van der Waals surface area contributed by atoms with Crippen LogP contribution in [-0.2, 0) is 4.79 Å². The molecule has 2 rings (SSSR count). The Morgan fingerprint density at radius 3 is 2.58 bits per heavy atom. The minimum Gasteiger partial charge on any atom is -0.356 e. The summed E-state index contributed by atoms with van der Waals surface area (Å²) in [6.07, 6.45) is 4.98. The zero-order valence-corrected chi connectivity index (χ0v) is 7.68. The summed E-state index contributed by atoms with van der Waals surface area (Å²) in [6, 6.07) is 0. The van der Waals surface area contributed by atoms with Crippen molar-refractivity contribution in [3.63, 3.8) is 0 Å². The molecule has 1 N–H and O–H groups in total. The van der Waals surface area contributed by atoms with Crippen LogP contribution in [0.25, 0.3) is 0 Å². The minimum atomic E-state index is 0.294. The molecule has 0 aromatic heterocycles. The highest BCUT2D eigenvalue weighted by molar-refractivity contribution is 5.80. The zero-order valence-electron chi connectivity index (χ0n) is 7.68. The van der Waals surface area contributed by atoms with Crippen LogP contribution < -0.4 is 5.32 Å². The van der Waals surface area contributed by atoms with Gasteiger partial charge in [-0.3, -0.25) is 4.79 Å². The molecule has 2 saturated carbocycles. The monoisotopic (exact) mass is 167 g/mol. The van der Waals surface area contributed by atoms with E-state index in [1.165, 1.54) is 12.8 Å². The molecule has 1 atom stereocenters. The van der Waals surface area contributed by atoms with Crippen LogP contribution in [0.4, 0.5) is 0 Å². The first-order chi connectivity index (χ1) is 5.77. The van der Waals surface area contributed by atoms with Crippen molar-refractivity contribution in [2.24, 2.45) is 17.8 Å². The van der Waals surface area contributed by atoms with Crippen molar-refractivity contribution in [3.05, 3.63) is 0 Å². The molecule has 0 bridgehead atoms. The lowest BCUT2D eigenvalue weighted by Crippen LogP contribution is -2.30. The SMILES string of the molecule is CC(CNC(=O)C1CC1)C1CC1. The van der Waals surface area contributed by atoms with Crippen LogP contribution in [-0.4, -0.2) is 12.5 Å². The molecule has 1 amide bonds. The molecule has 0 spiro atoms. The summed E-state index contributed by atoms with van der Waals surface area (Å²) in [5.74, 6) is 2.27. The molecule has 0 heterocycles. The van der Waals surface area contributed by atoms with E-state index in [1.54, 1.807) is 0 Å². The molecule has 2 fully saturated rings. The van der Waals surface area contributed by atoms with Gasteiger partial charge < -0.3 is 5.32 Å². The van der Waals surface area contributed by atoms with Crippen molar-refractivity contribution in [1.29, 1.82) is 0 Å². The fourth-order valence-electron chi connectivity index (χ4n) is 1.58. The first-order valence-corrected chi connectivity index (χ1v) is 5.05. The smallest absolute Gasteiger partial charge is 0.223 e. The van der Waals surface area contributed by atoms with Crippen LogP contribution in [0, 0.1) is 17.8 Å². The van der Waals surface area contributed by atoms with Gasteiger partial charge in [0.05, 0.1) is 0 Å². The third-order valence-corrected chi connectivity index (χ3v) is 2.97. The van der Waals surface area contributed by atoms with Gasteiger partial charge in [0.25, 0.3) is 0 Å². The highest BCUT2D eigenvalue weighted by atomic mass is 16.2. The Kier molecular flexibility index (Phi) is 2.07. The number of rotatable bonds is 4. The summed E-state index contributed by atoms with van der Waals surface area (Å²) < 4.78 is 0. The molecule has 0 saturated heterocycles. The number of carbonyl (C=O) groups excluding carboxylic acids is 1. The maximum absolute atomic E-state index is 11.2. The first kappa shape index (κ1) is 8.09. The molecule has 1 unspecified atom stereocenters.